The van der Waals surface area contributed by atoms with Gasteiger partial charge in [0.1, 0.15) is 19.5 Å². The molecule has 1 saturated heterocycles. The number of benzene rings is 1. The van der Waals surface area contributed by atoms with Crippen molar-refractivity contribution >= 4 is 0 Å². The summed E-state index contributed by atoms with van der Waals surface area (Å²) in [5.41, 5.74) is 3.27. The molecular formula is C25H33N7O2. The van der Waals surface area contributed by atoms with Crippen LogP contribution in [0, 0.1) is 6.92 Å². The van der Waals surface area contributed by atoms with Gasteiger partial charge in [0, 0.05) is 57.4 Å². The van der Waals surface area contributed by atoms with E-state index in [-0.39, 0.29) is 6.04 Å². The number of nitrogens with zero attached hydrogens (tertiary/aromatic N) is 7. The van der Waals surface area contributed by atoms with Crippen molar-refractivity contribution in [2.75, 3.05) is 60.0 Å². The van der Waals surface area contributed by atoms with Crippen molar-refractivity contribution in [2.24, 2.45) is 0 Å². The molecule has 3 aromatic rings. The van der Waals surface area contributed by atoms with E-state index in [2.05, 4.69) is 57.0 Å². The number of piperazine rings is 1. The lowest BCUT2D eigenvalue weighted by Gasteiger charge is -2.40. The third-order valence-electron chi connectivity index (χ3n) is 6.46. The van der Waals surface area contributed by atoms with Crippen LogP contribution in [0.15, 0.2) is 43.0 Å². The number of ether oxygens (including phenoxy) is 2. The topological polar surface area (TPSA) is 71.8 Å². The van der Waals surface area contributed by atoms with E-state index < -0.39 is 0 Å². The van der Waals surface area contributed by atoms with E-state index in [0.29, 0.717) is 19.2 Å². The average Bonchev–Trinajstić information content (AvgIpc) is 3.38. The molecule has 2 aromatic heterocycles. The van der Waals surface area contributed by atoms with E-state index in [4.69, 9.17) is 14.5 Å². The van der Waals surface area contributed by atoms with Gasteiger partial charge in [0.2, 0.25) is 5.95 Å². The summed E-state index contributed by atoms with van der Waals surface area (Å²) in [6, 6.07) is 8.60. The summed E-state index contributed by atoms with van der Waals surface area (Å²) in [6.45, 7) is 9.09. The monoisotopic (exact) mass is 463 g/mol. The second-order valence-electron chi connectivity index (χ2n) is 9.23. The lowest BCUT2D eigenvalue weighted by atomic mass is 10.1. The van der Waals surface area contributed by atoms with E-state index in [9.17, 15) is 0 Å². The Bertz CT molecular complexity index is 1100. The fraction of sp³-hybridized carbons (Fsp3) is 0.480. The van der Waals surface area contributed by atoms with Gasteiger partial charge in [0.15, 0.2) is 11.5 Å². The lowest BCUT2D eigenvalue weighted by molar-refractivity contribution is 0.0782. The smallest absolute Gasteiger partial charge is 0.235 e. The highest BCUT2D eigenvalue weighted by Crippen LogP contribution is 2.31. The van der Waals surface area contributed by atoms with Crippen LogP contribution >= 0.6 is 0 Å². The molecule has 0 radical (unpaired) electrons. The first kappa shape index (κ1) is 22.8. The van der Waals surface area contributed by atoms with Crippen molar-refractivity contribution in [3.05, 3.63) is 59.9 Å². The molecule has 2 aliphatic heterocycles. The average molecular weight is 464 g/mol. The van der Waals surface area contributed by atoms with Gasteiger partial charge in [-0.15, -0.1) is 0 Å². The summed E-state index contributed by atoms with van der Waals surface area (Å²) in [7, 11) is 4.36. The maximum Gasteiger partial charge on any atom is 0.235 e. The van der Waals surface area contributed by atoms with Gasteiger partial charge in [-0.05, 0) is 44.8 Å². The zero-order chi connectivity index (χ0) is 23.5. The Morgan fingerprint density at radius 1 is 1.09 bits per heavy atom. The Balaban J connectivity index is 1.26. The number of likely N-dealkylation sites (N-methyl/N-ethyl adjacent to an activating group) is 2. The van der Waals surface area contributed by atoms with E-state index in [1.807, 2.05) is 23.8 Å². The van der Waals surface area contributed by atoms with E-state index >= 15 is 0 Å². The van der Waals surface area contributed by atoms with Crippen LogP contribution in [-0.4, -0.2) is 94.3 Å². The first-order valence-electron chi connectivity index (χ1n) is 11.9. The molecule has 34 heavy (non-hydrogen) atoms. The Morgan fingerprint density at radius 2 is 1.94 bits per heavy atom. The van der Waals surface area contributed by atoms with Gasteiger partial charge in [-0.1, -0.05) is 6.07 Å². The Labute approximate surface area is 200 Å². The van der Waals surface area contributed by atoms with Crippen LogP contribution in [0.25, 0.3) is 5.95 Å². The minimum absolute atomic E-state index is 0.227. The molecule has 0 saturated carbocycles. The highest BCUT2D eigenvalue weighted by atomic mass is 16.6. The van der Waals surface area contributed by atoms with Crippen LogP contribution in [0.5, 0.6) is 11.5 Å². The molecule has 9 nitrogen and oxygen atoms in total. The predicted molar refractivity (Wildman–Crippen MR) is 129 cm³/mol. The standard InChI is InChI=1S/C25H33N7O2/c1-19-14-21(28-25(27-19)32-7-6-26-18-32)22-17-30(3)9-11-31(22)10-8-29(2)16-20-4-5-23-24(15-20)34-13-12-33-23/h4-7,14-15,18,22H,8-13,16-17H2,1-3H3. The van der Waals surface area contributed by atoms with Crippen molar-refractivity contribution in [3.63, 3.8) is 0 Å². The molecule has 9 heteroatoms. The maximum atomic E-state index is 5.75. The number of hydrogen-bond donors (Lipinski definition) is 0. The number of hydrogen-bond acceptors (Lipinski definition) is 8. The second kappa shape index (κ2) is 10.1. The molecule has 0 aliphatic carbocycles. The van der Waals surface area contributed by atoms with Crippen LogP contribution in [0.4, 0.5) is 0 Å². The molecule has 1 atom stereocenters. The Morgan fingerprint density at radius 3 is 2.76 bits per heavy atom. The fourth-order valence-electron chi connectivity index (χ4n) is 4.62. The van der Waals surface area contributed by atoms with Gasteiger partial charge in [-0.25, -0.2) is 15.0 Å². The quantitative estimate of drug-likeness (QED) is 0.528. The molecule has 5 rings (SSSR count). The normalized spacial score (nSPS) is 19.0. The van der Waals surface area contributed by atoms with Crippen LogP contribution in [0.1, 0.15) is 23.0 Å². The number of fused-ring (bicyclic) bond motifs is 1. The van der Waals surface area contributed by atoms with Crippen LogP contribution in [0.2, 0.25) is 0 Å². The van der Waals surface area contributed by atoms with Gasteiger partial charge in [-0.3, -0.25) is 9.47 Å². The van der Waals surface area contributed by atoms with E-state index in [1.165, 1.54) is 5.56 Å². The number of imidazole rings is 1. The number of rotatable bonds is 7. The molecule has 1 unspecified atom stereocenters. The molecule has 1 fully saturated rings. The first-order chi connectivity index (χ1) is 16.5. The summed E-state index contributed by atoms with van der Waals surface area (Å²) in [4.78, 5) is 21.0. The molecule has 0 amide bonds. The highest BCUT2D eigenvalue weighted by Gasteiger charge is 2.28. The first-order valence-corrected chi connectivity index (χ1v) is 11.9. The zero-order valence-electron chi connectivity index (χ0n) is 20.2. The second-order valence-corrected chi connectivity index (χ2v) is 9.23. The molecule has 0 bridgehead atoms. The summed E-state index contributed by atoms with van der Waals surface area (Å²) < 4.78 is 13.3. The number of aromatic nitrogens is 4. The van der Waals surface area contributed by atoms with Gasteiger partial charge in [0.25, 0.3) is 0 Å². The minimum Gasteiger partial charge on any atom is -0.486 e. The SMILES string of the molecule is Cc1cc(C2CN(C)CCN2CCN(C)Cc2ccc3c(c2)OCCO3)nc(-n2ccnc2)n1. The zero-order valence-corrected chi connectivity index (χ0v) is 20.2. The van der Waals surface area contributed by atoms with E-state index in [0.717, 1.165) is 62.2 Å². The summed E-state index contributed by atoms with van der Waals surface area (Å²) in [6.07, 6.45) is 5.38. The van der Waals surface area contributed by atoms with Crippen molar-refractivity contribution in [1.82, 2.24) is 34.2 Å². The largest absolute Gasteiger partial charge is 0.486 e. The highest BCUT2D eigenvalue weighted by molar-refractivity contribution is 5.43. The minimum atomic E-state index is 0.227. The van der Waals surface area contributed by atoms with Gasteiger partial charge < -0.3 is 19.3 Å². The maximum absolute atomic E-state index is 5.75. The Hall–Kier alpha value is -3.01. The van der Waals surface area contributed by atoms with E-state index in [1.54, 1.807) is 12.5 Å². The summed E-state index contributed by atoms with van der Waals surface area (Å²) in [5, 5.41) is 0. The molecule has 4 heterocycles. The van der Waals surface area contributed by atoms with Gasteiger partial charge in [0.05, 0.1) is 11.7 Å². The van der Waals surface area contributed by atoms with Crippen molar-refractivity contribution < 1.29 is 9.47 Å². The van der Waals surface area contributed by atoms with Crippen LogP contribution in [0.3, 0.4) is 0 Å². The van der Waals surface area contributed by atoms with Crippen molar-refractivity contribution in [2.45, 2.75) is 19.5 Å². The molecule has 0 N–H and O–H groups in total. The lowest BCUT2D eigenvalue weighted by Crippen LogP contribution is -2.49. The van der Waals surface area contributed by atoms with Crippen molar-refractivity contribution in [3.8, 4) is 17.4 Å². The molecule has 0 spiro atoms. The van der Waals surface area contributed by atoms with Crippen molar-refractivity contribution in [1.29, 1.82) is 0 Å². The third kappa shape index (κ3) is 5.22. The summed E-state index contributed by atoms with van der Waals surface area (Å²) in [5.74, 6) is 2.37. The van der Waals surface area contributed by atoms with Gasteiger partial charge >= 0.3 is 0 Å². The van der Waals surface area contributed by atoms with Gasteiger partial charge in [-0.2, -0.15) is 0 Å². The molecule has 2 aliphatic rings. The summed E-state index contributed by atoms with van der Waals surface area (Å²) >= 11 is 0. The fourth-order valence-corrected chi connectivity index (χ4v) is 4.62. The molecule has 1 aromatic carbocycles. The molecular weight excluding hydrogens is 430 g/mol. The predicted octanol–water partition coefficient (Wildman–Crippen LogP) is 2.16. The number of aryl methyl sites for hydroxylation is 1. The molecule has 180 valence electrons. The Kier molecular flexibility index (Phi) is 6.75. The van der Waals surface area contributed by atoms with Crippen LogP contribution < -0.4 is 9.47 Å². The third-order valence-corrected chi connectivity index (χ3v) is 6.46. The van der Waals surface area contributed by atoms with Crippen LogP contribution in [-0.2, 0) is 6.54 Å².